The fraction of sp³-hybridized carbons (Fsp3) is 0.185. The third-order valence-corrected chi connectivity index (χ3v) is 5.33. The van der Waals surface area contributed by atoms with Crippen LogP contribution in [0.3, 0.4) is 0 Å². The second kappa shape index (κ2) is 9.59. The van der Waals surface area contributed by atoms with E-state index in [0.29, 0.717) is 34.6 Å². The van der Waals surface area contributed by atoms with Crippen LogP contribution in [-0.2, 0) is 20.2 Å². The highest BCUT2D eigenvalue weighted by Gasteiger charge is 2.38. The van der Waals surface area contributed by atoms with Crippen LogP contribution in [0.5, 0.6) is 0 Å². The molecule has 4 rings (SSSR count). The zero-order chi connectivity index (χ0) is 24.1. The smallest absolute Gasteiger partial charge is 0.359 e. The summed E-state index contributed by atoms with van der Waals surface area (Å²) in [5.74, 6) is -2.02. The Morgan fingerprint density at radius 1 is 1.09 bits per heavy atom. The van der Waals surface area contributed by atoms with Crippen molar-refractivity contribution < 1.29 is 14.3 Å². The summed E-state index contributed by atoms with van der Waals surface area (Å²) in [5, 5.41) is 14.7. The molecule has 0 amide bonds. The van der Waals surface area contributed by atoms with Crippen LogP contribution in [-0.4, -0.2) is 15.7 Å². The van der Waals surface area contributed by atoms with E-state index < -0.39 is 17.4 Å². The third-order valence-electron chi connectivity index (χ3n) is 5.33. The average Bonchev–Trinajstić information content (AvgIpc) is 2.84. The zero-order valence-electron chi connectivity index (χ0n) is 18.9. The van der Waals surface area contributed by atoms with Crippen molar-refractivity contribution in [1.82, 2.24) is 9.78 Å². The first-order chi connectivity index (χ1) is 16.4. The van der Waals surface area contributed by atoms with Crippen molar-refractivity contribution in [1.29, 1.82) is 5.26 Å². The number of hydrogen-bond donors (Lipinski definition) is 0. The molecule has 170 valence electrons. The van der Waals surface area contributed by atoms with E-state index in [-0.39, 0.29) is 5.56 Å². The molecule has 1 heterocycles. The maximum atomic E-state index is 13.6. The van der Waals surface area contributed by atoms with Crippen molar-refractivity contribution in [3.8, 4) is 28.5 Å². The summed E-state index contributed by atoms with van der Waals surface area (Å²) in [7, 11) is 0. The number of carbonyl (C=O) groups is 1. The van der Waals surface area contributed by atoms with Crippen molar-refractivity contribution in [3.05, 3.63) is 101 Å². The Kier molecular flexibility index (Phi) is 6.42. The highest BCUT2D eigenvalue weighted by atomic mass is 16.7. The minimum absolute atomic E-state index is 0.125. The van der Waals surface area contributed by atoms with Crippen LogP contribution in [0.15, 0.2) is 89.4 Å². The molecule has 0 saturated heterocycles. The number of esters is 1. The van der Waals surface area contributed by atoms with Crippen molar-refractivity contribution in [2.75, 3.05) is 0 Å². The number of hydrogen-bond acceptors (Lipinski definition) is 6. The second-order valence-electron chi connectivity index (χ2n) is 7.85. The van der Waals surface area contributed by atoms with E-state index in [0.717, 1.165) is 11.1 Å². The largest absolute Gasteiger partial charge is 0.438 e. The monoisotopic (exact) mass is 453 g/mol. The lowest BCUT2D eigenvalue weighted by Gasteiger charge is -2.32. The Labute approximate surface area is 197 Å². The SMILES string of the molecule is CC(=O)OC(C)(OC1=CC=CCC1)n1nc(-c2ccccc2)c(-c2ccccc2)c(C#N)c1=O. The Bertz CT molecular complexity index is 1370. The van der Waals surface area contributed by atoms with Crippen LogP contribution in [0.25, 0.3) is 22.4 Å². The van der Waals surface area contributed by atoms with Gasteiger partial charge in [-0.1, -0.05) is 72.8 Å². The number of nitrogens with zero attached hydrogens (tertiary/aromatic N) is 3. The molecule has 3 aromatic rings. The lowest BCUT2D eigenvalue weighted by Crippen LogP contribution is -2.46. The summed E-state index contributed by atoms with van der Waals surface area (Å²) < 4.78 is 12.5. The molecule has 2 aromatic carbocycles. The molecule has 0 saturated carbocycles. The molecule has 0 bridgehead atoms. The van der Waals surface area contributed by atoms with Crippen molar-refractivity contribution in [3.63, 3.8) is 0 Å². The molecule has 0 fully saturated rings. The van der Waals surface area contributed by atoms with Gasteiger partial charge in [-0.3, -0.25) is 9.59 Å². The summed E-state index contributed by atoms with van der Waals surface area (Å²) in [5.41, 5.74) is 1.31. The van der Waals surface area contributed by atoms with Gasteiger partial charge >= 0.3 is 11.9 Å². The quantitative estimate of drug-likeness (QED) is 0.390. The summed E-state index contributed by atoms with van der Waals surface area (Å²) in [6, 6.07) is 20.4. The topological polar surface area (TPSA) is 94.2 Å². The van der Waals surface area contributed by atoms with E-state index in [2.05, 4.69) is 5.10 Å². The standard InChI is InChI=1S/C27H23N3O4/c1-19(31)33-27(2,34-22-16-10-5-11-17-22)30-26(32)23(18-28)24(20-12-6-3-7-13-20)25(29-30)21-14-8-4-9-15-21/h3-10,12-16H,11,17H2,1-2H3. The molecule has 1 unspecified atom stereocenters. The molecule has 1 aromatic heterocycles. The molecule has 1 aliphatic rings. The first-order valence-electron chi connectivity index (χ1n) is 10.9. The fourth-order valence-electron chi connectivity index (χ4n) is 3.87. The molecule has 34 heavy (non-hydrogen) atoms. The normalized spacial score (nSPS) is 14.4. The molecule has 1 atom stereocenters. The minimum atomic E-state index is -1.90. The van der Waals surface area contributed by atoms with Gasteiger partial charge in [0.05, 0.1) is 0 Å². The highest BCUT2D eigenvalue weighted by Crippen LogP contribution is 2.34. The third kappa shape index (κ3) is 4.52. The van der Waals surface area contributed by atoms with Crippen LogP contribution < -0.4 is 5.56 Å². The van der Waals surface area contributed by atoms with Crippen LogP contribution in [0.2, 0.25) is 0 Å². The van der Waals surface area contributed by atoms with E-state index in [9.17, 15) is 14.9 Å². The van der Waals surface area contributed by atoms with E-state index in [4.69, 9.17) is 9.47 Å². The Morgan fingerprint density at radius 3 is 2.29 bits per heavy atom. The van der Waals surface area contributed by atoms with E-state index in [1.807, 2.05) is 78.9 Å². The molecular weight excluding hydrogens is 430 g/mol. The average molecular weight is 453 g/mol. The predicted molar refractivity (Wildman–Crippen MR) is 127 cm³/mol. The van der Waals surface area contributed by atoms with Crippen LogP contribution in [0.4, 0.5) is 0 Å². The van der Waals surface area contributed by atoms with Crippen molar-refractivity contribution in [2.24, 2.45) is 0 Å². The van der Waals surface area contributed by atoms with Gasteiger partial charge in [-0.25, -0.2) is 0 Å². The van der Waals surface area contributed by atoms with Gasteiger partial charge in [0.15, 0.2) is 0 Å². The van der Waals surface area contributed by atoms with Crippen LogP contribution in [0.1, 0.15) is 32.3 Å². The molecule has 0 spiro atoms. The van der Waals surface area contributed by atoms with Crippen LogP contribution >= 0.6 is 0 Å². The van der Waals surface area contributed by atoms with Gasteiger partial charge in [0.25, 0.3) is 5.56 Å². The van der Waals surface area contributed by atoms with Crippen LogP contribution in [0, 0.1) is 11.3 Å². The fourth-order valence-corrected chi connectivity index (χ4v) is 3.87. The minimum Gasteiger partial charge on any atom is -0.438 e. The number of rotatable bonds is 6. The van der Waals surface area contributed by atoms with E-state index in [1.165, 1.54) is 13.8 Å². The maximum absolute atomic E-state index is 13.6. The Hall–Kier alpha value is -4.44. The zero-order valence-corrected chi connectivity index (χ0v) is 18.9. The molecule has 0 N–H and O–H groups in total. The Balaban J connectivity index is 2.02. The lowest BCUT2D eigenvalue weighted by molar-refractivity contribution is -0.258. The van der Waals surface area contributed by atoms with Gasteiger partial charge < -0.3 is 9.47 Å². The molecule has 7 nitrogen and oxygen atoms in total. The van der Waals surface area contributed by atoms with E-state index >= 15 is 0 Å². The van der Waals surface area contributed by atoms with E-state index in [1.54, 1.807) is 6.08 Å². The number of ether oxygens (including phenoxy) is 2. The Morgan fingerprint density at radius 2 is 1.74 bits per heavy atom. The van der Waals surface area contributed by atoms with Gasteiger partial charge in [-0.05, 0) is 18.1 Å². The van der Waals surface area contributed by atoms with Gasteiger partial charge in [0.1, 0.15) is 23.1 Å². The molecule has 0 radical (unpaired) electrons. The number of nitriles is 1. The number of allylic oxidation sites excluding steroid dienone is 4. The lowest BCUT2D eigenvalue weighted by atomic mass is 9.96. The molecule has 7 heteroatoms. The summed E-state index contributed by atoms with van der Waals surface area (Å²) in [6.07, 6.45) is 6.88. The second-order valence-corrected chi connectivity index (χ2v) is 7.85. The number of benzene rings is 2. The number of aromatic nitrogens is 2. The maximum Gasteiger partial charge on any atom is 0.359 e. The molecule has 0 aliphatic heterocycles. The van der Waals surface area contributed by atoms with Gasteiger partial charge in [-0.2, -0.15) is 10.4 Å². The summed E-state index contributed by atoms with van der Waals surface area (Å²) >= 11 is 0. The van der Waals surface area contributed by atoms with Crippen molar-refractivity contribution in [2.45, 2.75) is 32.6 Å². The number of carbonyl (C=O) groups excluding carboxylic acids is 1. The predicted octanol–water partition coefficient (Wildman–Crippen LogP) is 4.89. The molecule has 1 aliphatic carbocycles. The summed E-state index contributed by atoms with van der Waals surface area (Å²) in [4.78, 5) is 25.7. The van der Waals surface area contributed by atoms with Crippen molar-refractivity contribution >= 4 is 5.97 Å². The molecular formula is C27H23N3O4. The first-order valence-corrected chi connectivity index (χ1v) is 10.9. The van der Waals surface area contributed by atoms with Gasteiger partial charge in [-0.15, -0.1) is 4.68 Å². The summed E-state index contributed by atoms with van der Waals surface area (Å²) in [6.45, 7) is 2.67. The highest BCUT2D eigenvalue weighted by molar-refractivity contribution is 5.84. The van der Waals surface area contributed by atoms with Gasteiger partial charge in [0, 0.05) is 31.4 Å². The van der Waals surface area contributed by atoms with Gasteiger partial charge in [0.2, 0.25) is 0 Å². The first kappa shape index (κ1) is 22.7.